The number of rotatable bonds is 4. The van der Waals surface area contributed by atoms with Crippen molar-refractivity contribution in [1.82, 2.24) is 4.90 Å². The fourth-order valence-corrected chi connectivity index (χ4v) is 1.93. The molecular formula is C13H19N3O3. The van der Waals surface area contributed by atoms with Gasteiger partial charge in [0, 0.05) is 19.2 Å². The lowest BCUT2D eigenvalue weighted by atomic mass is 10.2. The van der Waals surface area contributed by atoms with Gasteiger partial charge in [-0.15, -0.1) is 0 Å². The summed E-state index contributed by atoms with van der Waals surface area (Å²) in [5.41, 5.74) is 6.96. The molecule has 6 nitrogen and oxygen atoms in total. The lowest BCUT2D eigenvalue weighted by Gasteiger charge is -2.25. The Bertz CT molecular complexity index is 445. The van der Waals surface area contributed by atoms with Crippen LogP contribution in [-0.4, -0.2) is 50.8 Å². The van der Waals surface area contributed by atoms with Gasteiger partial charge in [0.2, 0.25) is 5.91 Å². The van der Waals surface area contributed by atoms with Crippen LogP contribution in [0, 0.1) is 0 Å². The van der Waals surface area contributed by atoms with Gasteiger partial charge in [0.1, 0.15) is 5.75 Å². The molecule has 0 aromatic heterocycles. The molecule has 0 atom stereocenters. The number of nitrogens with two attached hydrogens (primary N) is 1. The van der Waals surface area contributed by atoms with Crippen LogP contribution in [0.1, 0.15) is 0 Å². The summed E-state index contributed by atoms with van der Waals surface area (Å²) in [5.74, 6) is 0.599. The van der Waals surface area contributed by atoms with Crippen molar-refractivity contribution in [3.8, 4) is 5.75 Å². The maximum atomic E-state index is 11.9. The number of amides is 1. The highest BCUT2D eigenvalue weighted by Crippen LogP contribution is 2.23. The molecular weight excluding hydrogens is 246 g/mol. The summed E-state index contributed by atoms with van der Waals surface area (Å²) in [6.45, 7) is 3.28. The van der Waals surface area contributed by atoms with Gasteiger partial charge >= 0.3 is 0 Å². The van der Waals surface area contributed by atoms with Crippen LogP contribution < -0.4 is 15.8 Å². The van der Waals surface area contributed by atoms with Crippen LogP contribution in [-0.2, 0) is 9.53 Å². The van der Waals surface area contributed by atoms with E-state index in [0.29, 0.717) is 36.9 Å². The zero-order valence-corrected chi connectivity index (χ0v) is 11.0. The first kappa shape index (κ1) is 13.6. The molecule has 0 aliphatic carbocycles. The largest absolute Gasteiger partial charge is 0.497 e. The predicted octanol–water partition coefficient (Wildman–Crippen LogP) is 0.548. The summed E-state index contributed by atoms with van der Waals surface area (Å²) in [6, 6.07) is 5.19. The van der Waals surface area contributed by atoms with Gasteiger partial charge in [0.25, 0.3) is 0 Å². The molecule has 1 saturated heterocycles. The van der Waals surface area contributed by atoms with Crippen LogP contribution >= 0.6 is 0 Å². The van der Waals surface area contributed by atoms with E-state index >= 15 is 0 Å². The van der Waals surface area contributed by atoms with Gasteiger partial charge in [-0.25, -0.2) is 0 Å². The minimum atomic E-state index is -0.0706. The van der Waals surface area contributed by atoms with E-state index in [4.69, 9.17) is 15.2 Å². The van der Waals surface area contributed by atoms with E-state index in [1.807, 2.05) is 0 Å². The molecule has 1 fully saturated rings. The molecule has 1 aliphatic heterocycles. The first-order valence-electron chi connectivity index (χ1n) is 6.22. The van der Waals surface area contributed by atoms with Crippen molar-refractivity contribution in [2.24, 2.45) is 0 Å². The number of morpholine rings is 1. The SMILES string of the molecule is COc1ccc(NC(=O)CN2CCOCC2)c(N)c1. The third-order valence-electron chi connectivity index (χ3n) is 3.00. The van der Waals surface area contributed by atoms with E-state index in [-0.39, 0.29) is 5.91 Å². The first-order chi connectivity index (χ1) is 9.19. The summed E-state index contributed by atoms with van der Waals surface area (Å²) in [4.78, 5) is 14.0. The standard InChI is InChI=1S/C13H19N3O3/c1-18-10-2-3-12(11(14)8-10)15-13(17)9-16-4-6-19-7-5-16/h2-3,8H,4-7,9,14H2,1H3,(H,15,17). The zero-order chi connectivity index (χ0) is 13.7. The number of nitrogens with zero attached hydrogens (tertiary/aromatic N) is 1. The maximum absolute atomic E-state index is 11.9. The molecule has 1 aliphatic rings. The Morgan fingerprint density at radius 2 is 2.21 bits per heavy atom. The maximum Gasteiger partial charge on any atom is 0.238 e. The molecule has 0 saturated carbocycles. The summed E-state index contributed by atoms with van der Waals surface area (Å²) in [7, 11) is 1.57. The number of ether oxygens (including phenoxy) is 2. The molecule has 19 heavy (non-hydrogen) atoms. The fourth-order valence-electron chi connectivity index (χ4n) is 1.93. The van der Waals surface area contributed by atoms with Gasteiger partial charge in [-0.1, -0.05) is 0 Å². The average molecular weight is 265 g/mol. The number of carbonyl (C=O) groups excluding carboxylic acids is 1. The number of methoxy groups -OCH3 is 1. The van der Waals surface area contributed by atoms with Crippen LogP contribution in [0.25, 0.3) is 0 Å². The Kier molecular flexibility index (Phi) is 4.59. The van der Waals surface area contributed by atoms with Gasteiger partial charge in [0.15, 0.2) is 0 Å². The van der Waals surface area contributed by atoms with E-state index in [1.54, 1.807) is 25.3 Å². The van der Waals surface area contributed by atoms with E-state index in [2.05, 4.69) is 10.2 Å². The number of hydrogen-bond donors (Lipinski definition) is 2. The second kappa shape index (κ2) is 6.40. The Morgan fingerprint density at radius 1 is 1.47 bits per heavy atom. The lowest BCUT2D eigenvalue weighted by Crippen LogP contribution is -2.41. The summed E-state index contributed by atoms with van der Waals surface area (Å²) >= 11 is 0. The predicted molar refractivity (Wildman–Crippen MR) is 73.3 cm³/mol. The van der Waals surface area contributed by atoms with Crippen LogP contribution in [0.2, 0.25) is 0 Å². The average Bonchev–Trinajstić information content (AvgIpc) is 2.42. The lowest BCUT2D eigenvalue weighted by molar-refractivity contribution is -0.118. The summed E-state index contributed by atoms with van der Waals surface area (Å²) in [5, 5.41) is 2.81. The van der Waals surface area contributed by atoms with Crippen molar-refractivity contribution in [3.05, 3.63) is 18.2 Å². The normalized spacial score (nSPS) is 16.1. The van der Waals surface area contributed by atoms with Crippen molar-refractivity contribution >= 4 is 17.3 Å². The molecule has 6 heteroatoms. The molecule has 1 aromatic carbocycles. The Labute approximate surface area is 112 Å². The third kappa shape index (κ3) is 3.84. The number of carbonyl (C=O) groups is 1. The minimum Gasteiger partial charge on any atom is -0.497 e. The topological polar surface area (TPSA) is 76.8 Å². The van der Waals surface area contributed by atoms with Crippen molar-refractivity contribution in [3.63, 3.8) is 0 Å². The van der Waals surface area contributed by atoms with E-state index in [1.165, 1.54) is 0 Å². The number of nitrogen functional groups attached to an aromatic ring is 1. The smallest absolute Gasteiger partial charge is 0.238 e. The molecule has 104 valence electrons. The molecule has 0 spiro atoms. The van der Waals surface area contributed by atoms with Crippen molar-refractivity contribution < 1.29 is 14.3 Å². The van der Waals surface area contributed by atoms with Gasteiger partial charge in [-0.3, -0.25) is 9.69 Å². The quantitative estimate of drug-likeness (QED) is 0.777. The van der Waals surface area contributed by atoms with Crippen LogP contribution in [0.3, 0.4) is 0 Å². The Morgan fingerprint density at radius 3 is 2.84 bits per heavy atom. The molecule has 0 radical (unpaired) electrons. The van der Waals surface area contributed by atoms with Crippen LogP contribution in [0.5, 0.6) is 5.75 Å². The number of hydrogen-bond acceptors (Lipinski definition) is 5. The van der Waals surface area contributed by atoms with Gasteiger partial charge in [-0.2, -0.15) is 0 Å². The minimum absolute atomic E-state index is 0.0706. The summed E-state index contributed by atoms with van der Waals surface area (Å²) < 4.78 is 10.3. The molecule has 0 bridgehead atoms. The second-order valence-electron chi connectivity index (χ2n) is 4.39. The van der Waals surface area contributed by atoms with Crippen LogP contribution in [0.4, 0.5) is 11.4 Å². The zero-order valence-electron chi connectivity index (χ0n) is 11.0. The molecule has 1 heterocycles. The number of anilines is 2. The Balaban J connectivity index is 1.91. The second-order valence-corrected chi connectivity index (χ2v) is 4.39. The highest BCUT2D eigenvalue weighted by Gasteiger charge is 2.14. The molecule has 0 unspecified atom stereocenters. The van der Waals surface area contributed by atoms with E-state index < -0.39 is 0 Å². The van der Waals surface area contributed by atoms with Crippen molar-refractivity contribution in [2.45, 2.75) is 0 Å². The van der Waals surface area contributed by atoms with Gasteiger partial charge in [-0.05, 0) is 12.1 Å². The van der Waals surface area contributed by atoms with Crippen molar-refractivity contribution in [2.75, 3.05) is 51.0 Å². The van der Waals surface area contributed by atoms with Gasteiger partial charge in [0.05, 0.1) is 38.2 Å². The highest BCUT2D eigenvalue weighted by molar-refractivity contribution is 5.95. The molecule has 1 aromatic rings. The van der Waals surface area contributed by atoms with Gasteiger partial charge < -0.3 is 20.5 Å². The number of nitrogens with one attached hydrogen (secondary N) is 1. The monoisotopic (exact) mass is 265 g/mol. The molecule has 3 N–H and O–H groups in total. The van der Waals surface area contributed by atoms with E-state index in [9.17, 15) is 4.79 Å². The molecule has 2 rings (SSSR count). The van der Waals surface area contributed by atoms with Crippen LogP contribution in [0.15, 0.2) is 18.2 Å². The summed E-state index contributed by atoms with van der Waals surface area (Å²) in [6.07, 6.45) is 0. The van der Waals surface area contributed by atoms with Crippen molar-refractivity contribution in [1.29, 1.82) is 0 Å². The highest BCUT2D eigenvalue weighted by atomic mass is 16.5. The first-order valence-corrected chi connectivity index (χ1v) is 6.22. The number of benzene rings is 1. The van der Waals surface area contributed by atoms with E-state index in [0.717, 1.165) is 13.1 Å². The molecule has 1 amide bonds. The fraction of sp³-hybridized carbons (Fsp3) is 0.462. The third-order valence-corrected chi connectivity index (χ3v) is 3.00. The Hall–Kier alpha value is -1.79.